The summed E-state index contributed by atoms with van der Waals surface area (Å²) in [6.07, 6.45) is -1.50. The first-order valence-electron chi connectivity index (χ1n) is 7.37. The molecule has 2 heterocycles. The van der Waals surface area contributed by atoms with Crippen molar-refractivity contribution in [3.05, 3.63) is 23.8 Å². The number of aliphatic hydroxyl groups excluding tert-OH is 1. The Morgan fingerprint density at radius 2 is 2.17 bits per heavy atom. The van der Waals surface area contributed by atoms with Crippen LogP contribution in [0.3, 0.4) is 0 Å². The summed E-state index contributed by atoms with van der Waals surface area (Å²) < 4.78 is 15.7. The van der Waals surface area contributed by atoms with Gasteiger partial charge in [0.2, 0.25) is 5.60 Å². The standard InChI is InChI=1S/C16H16O8/c1-22-15(21)16(12-5-8(7-17)14(20)23-12)6-10(19)13-9(18)3-2-4-11(13)24-16/h2-4,8,12,17-18H,5-7H2,1H3. The lowest BCUT2D eigenvalue weighted by molar-refractivity contribution is -0.175. The Morgan fingerprint density at radius 1 is 1.42 bits per heavy atom. The predicted molar refractivity (Wildman–Crippen MR) is 77.5 cm³/mol. The molecular formula is C16H16O8. The molecule has 8 heteroatoms. The van der Waals surface area contributed by atoms with Crippen molar-refractivity contribution in [3.63, 3.8) is 0 Å². The molecule has 0 spiro atoms. The molecule has 1 aromatic rings. The van der Waals surface area contributed by atoms with E-state index in [0.717, 1.165) is 7.11 Å². The van der Waals surface area contributed by atoms with Gasteiger partial charge in [-0.15, -0.1) is 0 Å². The van der Waals surface area contributed by atoms with Crippen LogP contribution in [0.4, 0.5) is 0 Å². The van der Waals surface area contributed by atoms with Crippen molar-refractivity contribution < 1.29 is 38.8 Å². The first-order chi connectivity index (χ1) is 11.4. The van der Waals surface area contributed by atoms with Crippen molar-refractivity contribution in [2.24, 2.45) is 5.92 Å². The molecule has 0 amide bonds. The van der Waals surface area contributed by atoms with Crippen LogP contribution >= 0.6 is 0 Å². The van der Waals surface area contributed by atoms with E-state index in [1.54, 1.807) is 0 Å². The highest BCUT2D eigenvalue weighted by atomic mass is 16.6. The first kappa shape index (κ1) is 16.3. The Kier molecular flexibility index (Phi) is 3.92. The highest BCUT2D eigenvalue weighted by Gasteiger charge is 2.59. The summed E-state index contributed by atoms with van der Waals surface area (Å²) in [5.41, 5.74) is -1.87. The third-order valence-corrected chi connectivity index (χ3v) is 4.36. The van der Waals surface area contributed by atoms with Crippen LogP contribution in [0.15, 0.2) is 18.2 Å². The van der Waals surface area contributed by atoms with Gasteiger partial charge in [-0.3, -0.25) is 9.59 Å². The molecule has 0 saturated carbocycles. The van der Waals surface area contributed by atoms with Gasteiger partial charge >= 0.3 is 11.9 Å². The van der Waals surface area contributed by atoms with E-state index < -0.39 is 48.4 Å². The lowest BCUT2D eigenvalue weighted by atomic mass is 9.83. The monoisotopic (exact) mass is 336 g/mol. The number of fused-ring (bicyclic) bond motifs is 1. The second-order valence-corrected chi connectivity index (χ2v) is 5.77. The van der Waals surface area contributed by atoms with Crippen LogP contribution in [0.2, 0.25) is 0 Å². The molecule has 8 nitrogen and oxygen atoms in total. The third-order valence-electron chi connectivity index (χ3n) is 4.36. The van der Waals surface area contributed by atoms with Gasteiger partial charge in [-0.2, -0.15) is 0 Å². The number of carbonyl (C=O) groups excluding carboxylic acids is 3. The Labute approximate surface area is 136 Å². The van der Waals surface area contributed by atoms with Gasteiger partial charge in [-0.1, -0.05) is 6.07 Å². The van der Waals surface area contributed by atoms with Crippen molar-refractivity contribution in [1.82, 2.24) is 0 Å². The normalized spacial score (nSPS) is 28.8. The second kappa shape index (κ2) is 5.79. The number of Topliss-reactive ketones (excluding diaryl/α,β-unsaturated/α-hetero) is 1. The molecule has 3 unspecified atom stereocenters. The Bertz CT molecular complexity index is 712. The largest absolute Gasteiger partial charge is 0.507 e. The molecular weight excluding hydrogens is 320 g/mol. The SMILES string of the molecule is COC(=O)C1(C2CC(CO)C(=O)O2)CC(=O)c2c(O)cccc2O1. The van der Waals surface area contributed by atoms with Crippen molar-refractivity contribution in [2.45, 2.75) is 24.5 Å². The maximum absolute atomic E-state index is 12.5. The van der Waals surface area contributed by atoms with Crippen molar-refractivity contribution in [3.8, 4) is 11.5 Å². The van der Waals surface area contributed by atoms with Crippen LogP contribution in [0, 0.1) is 5.92 Å². The van der Waals surface area contributed by atoms with Crippen LogP contribution in [-0.2, 0) is 19.1 Å². The van der Waals surface area contributed by atoms with Gasteiger partial charge in [0, 0.05) is 6.42 Å². The average Bonchev–Trinajstić information content (AvgIpc) is 2.95. The summed E-state index contributed by atoms with van der Waals surface area (Å²) in [5.74, 6) is -3.08. The predicted octanol–water partition coefficient (Wildman–Crippen LogP) is 0.193. The van der Waals surface area contributed by atoms with E-state index in [0.29, 0.717) is 0 Å². The number of esters is 2. The molecule has 0 aliphatic carbocycles. The number of hydrogen-bond donors (Lipinski definition) is 2. The maximum Gasteiger partial charge on any atom is 0.354 e. The van der Waals surface area contributed by atoms with Crippen LogP contribution in [0.25, 0.3) is 0 Å². The Balaban J connectivity index is 2.05. The van der Waals surface area contributed by atoms with Crippen molar-refractivity contribution in [2.75, 3.05) is 13.7 Å². The van der Waals surface area contributed by atoms with Gasteiger partial charge in [0.1, 0.15) is 17.1 Å². The molecule has 3 atom stereocenters. The van der Waals surface area contributed by atoms with Gasteiger partial charge in [-0.25, -0.2) is 4.79 Å². The van der Waals surface area contributed by atoms with Crippen LogP contribution in [0.5, 0.6) is 11.5 Å². The quantitative estimate of drug-likeness (QED) is 0.751. The topological polar surface area (TPSA) is 119 Å². The van der Waals surface area contributed by atoms with Gasteiger partial charge < -0.3 is 24.4 Å². The summed E-state index contributed by atoms with van der Waals surface area (Å²) in [4.78, 5) is 36.7. The molecule has 2 aliphatic rings. The summed E-state index contributed by atoms with van der Waals surface area (Å²) in [6.45, 7) is -0.433. The molecule has 2 aliphatic heterocycles. The van der Waals surface area contributed by atoms with Crippen LogP contribution in [-0.4, -0.2) is 53.4 Å². The summed E-state index contributed by atoms with van der Waals surface area (Å²) in [6, 6.07) is 4.23. The van der Waals surface area contributed by atoms with E-state index in [1.165, 1.54) is 18.2 Å². The van der Waals surface area contributed by atoms with E-state index in [2.05, 4.69) is 0 Å². The van der Waals surface area contributed by atoms with E-state index >= 15 is 0 Å². The lowest BCUT2D eigenvalue weighted by Gasteiger charge is -2.38. The van der Waals surface area contributed by atoms with Gasteiger partial charge in [0.25, 0.3) is 0 Å². The fourth-order valence-corrected chi connectivity index (χ4v) is 3.12. The van der Waals surface area contributed by atoms with Gasteiger partial charge in [0.15, 0.2) is 11.9 Å². The lowest BCUT2D eigenvalue weighted by Crippen LogP contribution is -2.58. The van der Waals surface area contributed by atoms with Crippen molar-refractivity contribution >= 4 is 17.7 Å². The summed E-state index contributed by atoms with van der Waals surface area (Å²) in [7, 11) is 1.14. The zero-order chi connectivity index (χ0) is 17.5. The second-order valence-electron chi connectivity index (χ2n) is 5.77. The fraction of sp³-hybridized carbons (Fsp3) is 0.438. The third kappa shape index (κ3) is 2.30. The number of benzene rings is 1. The number of rotatable bonds is 3. The molecule has 0 bridgehead atoms. The highest BCUT2D eigenvalue weighted by Crippen LogP contribution is 2.43. The van der Waals surface area contributed by atoms with Crippen LogP contribution < -0.4 is 4.74 Å². The zero-order valence-corrected chi connectivity index (χ0v) is 12.9. The summed E-state index contributed by atoms with van der Waals surface area (Å²) >= 11 is 0. The minimum absolute atomic E-state index is 0.0140. The van der Waals surface area contributed by atoms with Crippen LogP contribution in [0.1, 0.15) is 23.2 Å². The number of ketones is 1. The Morgan fingerprint density at radius 3 is 2.79 bits per heavy atom. The molecule has 3 rings (SSSR count). The number of phenolic OH excluding ortho intramolecular Hbond substituents is 1. The number of aromatic hydroxyl groups is 1. The number of phenols is 1. The molecule has 1 aromatic carbocycles. The number of aliphatic hydroxyl groups is 1. The smallest absolute Gasteiger partial charge is 0.354 e. The molecule has 1 saturated heterocycles. The highest BCUT2D eigenvalue weighted by molar-refractivity contribution is 6.06. The van der Waals surface area contributed by atoms with Gasteiger partial charge in [0.05, 0.1) is 26.1 Å². The molecule has 1 fully saturated rings. The minimum Gasteiger partial charge on any atom is -0.507 e. The number of ether oxygens (including phenoxy) is 3. The molecule has 24 heavy (non-hydrogen) atoms. The van der Waals surface area contributed by atoms with E-state index in [4.69, 9.17) is 14.2 Å². The van der Waals surface area contributed by atoms with Crippen molar-refractivity contribution in [1.29, 1.82) is 0 Å². The minimum atomic E-state index is -1.84. The zero-order valence-electron chi connectivity index (χ0n) is 12.9. The first-order valence-corrected chi connectivity index (χ1v) is 7.37. The number of carbonyl (C=O) groups is 3. The summed E-state index contributed by atoms with van der Waals surface area (Å²) in [5, 5.41) is 19.1. The van der Waals surface area contributed by atoms with Gasteiger partial charge in [-0.05, 0) is 12.1 Å². The van der Waals surface area contributed by atoms with E-state index in [9.17, 15) is 24.6 Å². The molecule has 128 valence electrons. The molecule has 0 aromatic heterocycles. The van der Waals surface area contributed by atoms with E-state index in [1.807, 2.05) is 0 Å². The van der Waals surface area contributed by atoms with E-state index in [-0.39, 0.29) is 23.5 Å². The number of hydrogen-bond acceptors (Lipinski definition) is 8. The fourth-order valence-electron chi connectivity index (χ4n) is 3.12. The number of cyclic esters (lactones) is 1. The number of methoxy groups -OCH3 is 1. The Hall–Kier alpha value is -2.61. The maximum atomic E-state index is 12.5. The molecule has 2 N–H and O–H groups in total. The molecule has 0 radical (unpaired) electrons. The average molecular weight is 336 g/mol.